The first-order chi connectivity index (χ1) is 11.7. The number of thiophene rings is 1. The average molecular weight is 341 g/mol. The molecule has 2 N–H and O–H groups in total. The van der Waals surface area contributed by atoms with E-state index < -0.39 is 0 Å². The van der Waals surface area contributed by atoms with E-state index in [4.69, 9.17) is 15.5 Å². The molecule has 0 amide bonds. The first-order valence-electron chi connectivity index (χ1n) is 7.98. The molecule has 1 aliphatic heterocycles. The van der Waals surface area contributed by atoms with Gasteiger partial charge in [-0.25, -0.2) is 9.97 Å². The molecule has 3 aromatic heterocycles. The highest BCUT2D eigenvalue weighted by Gasteiger charge is 2.15. The Balaban J connectivity index is 1.67. The van der Waals surface area contributed by atoms with Crippen LogP contribution in [0.1, 0.15) is 10.6 Å². The number of morpholine rings is 1. The monoisotopic (exact) mass is 341 g/mol. The van der Waals surface area contributed by atoms with Crippen LogP contribution in [0.3, 0.4) is 0 Å². The van der Waals surface area contributed by atoms with Crippen LogP contribution in [0.2, 0.25) is 0 Å². The van der Waals surface area contributed by atoms with Crippen LogP contribution in [-0.2, 0) is 11.3 Å². The molecular formula is C17H19N5OS. The van der Waals surface area contributed by atoms with Gasteiger partial charge in [0.1, 0.15) is 10.6 Å². The summed E-state index contributed by atoms with van der Waals surface area (Å²) in [6, 6.07) is 6.01. The minimum absolute atomic E-state index is 0.536. The zero-order valence-electron chi connectivity index (χ0n) is 13.5. The highest BCUT2D eigenvalue weighted by molar-refractivity contribution is 7.18. The van der Waals surface area contributed by atoms with Gasteiger partial charge in [-0.15, -0.1) is 11.3 Å². The SMILES string of the molecule is Cc1cc(-c2nc(N)c3cc(CN4CCOCC4)sc3n2)ccn1. The van der Waals surface area contributed by atoms with Crippen molar-refractivity contribution in [1.82, 2.24) is 19.9 Å². The average Bonchev–Trinajstić information content (AvgIpc) is 2.99. The summed E-state index contributed by atoms with van der Waals surface area (Å²) in [4.78, 5) is 18.0. The molecule has 0 aliphatic carbocycles. The van der Waals surface area contributed by atoms with Gasteiger partial charge in [-0.05, 0) is 25.1 Å². The minimum atomic E-state index is 0.536. The maximum Gasteiger partial charge on any atom is 0.163 e. The first-order valence-corrected chi connectivity index (χ1v) is 8.80. The van der Waals surface area contributed by atoms with E-state index in [1.807, 2.05) is 19.1 Å². The van der Waals surface area contributed by atoms with Crippen molar-refractivity contribution in [3.8, 4) is 11.4 Å². The van der Waals surface area contributed by atoms with Crippen molar-refractivity contribution in [3.63, 3.8) is 0 Å². The number of pyridine rings is 1. The van der Waals surface area contributed by atoms with Crippen molar-refractivity contribution in [2.45, 2.75) is 13.5 Å². The molecule has 7 heteroatoms. The molecule has 3 aromatic rings. The third-order valence-electron chi connectivity index (χ3n) is 4.11. The Morgan fingerprint density at radius 2 is 2.08 bits per heavy atom. The van der Waals surface area contributed by atoms with Gasteiger partial charge in [-0.1, -0.05) is 0 Å². The van der Waals surface area contributed by atoms with E-state index in [-0.39, 0.29) is 0 Å². The number of nitrogens with zero attached hydrogens (tertiary/aromatic N) is 4. The smallest absolute Gasteiger partial charge is 0.163 e. The molecule has 0 saturated carbocycles. The lowest BCUT2D eigenvalue weighted by Gasteiger charge is -2.25. The lowest BCUT2D eigenvalue weighted by molar-refractivity contribution is 0.0346. The summed E-state index contributed by atoms with van der Waals surface area (Å²) < 4.78 is 5.40. The number of fused-ring (bicyclic) bond motifs is 1. The van der Waals surface area contributed by atoms with Gasteiger partial charge < -0.3 is 10.5 Å². The zero-order valence-corrected chi connectivity index (χ0v) is 14.3. The van der Waals surface area contributed by atoms with Gasteiger partial charge in [0, 0.05) is 42.0 Å². The number of hydrogen-bond acceptors (Lipinski definition) is 7. The van der Waals surface area contributed by atoms with Crippen molar-refractivity contribution in [2.24, 2.45) is 0 Å². The summed E-state index contributed by atoms with van der Waals surface area (Å²) in [6.45, 7) is 6.41. The van der Waals surface area contributed by atoms with Gasteiger partial charge in [0.25, 0.3) is 0 Å². The van der Waals surface area contributed by atoms with Crippen molar-refractivity contribution < 1.29 is 4.74 Å². The zero-order chi connectivity index (χ0) is 16.5. The highest BCUT2D eigenvalue weighted by atomic mass is 32.1. The Morgan fingerprint density at radius 1 is 1.25 bits per heavy atom. The van der Waals surface area contributed by atoms with E-state index in [9.17, 15) is 0 Å². The second-order valence-corrected chi connectivity index (χ2v) is 7.05. The number of ether oxygens (including phenoxy) is 1. The van der Waals surface area contributed by atoms with E-state index >= 15 is 0 Å². The van der Waals surface area contributed by atoms with Gasteiger partial charge in [0.2, 0.25) is 0 Å². The van der Waals surface area contributed by atoms with Crippen molar-refractivity contribution in [2.75, 3.05) is 32.0 Å². The minimum Gasteiger partial charge on any atom is -0.383 e. The Bertz CT molecular complexity index is 873. The van der Waals surface area contributed by atoms with Gasteiger partial charge >= 0.3 is 0 Å². The van der Waals surface area contributed by atoms with E-state index in [2.05, 4.69) is 20.9 Å². The maximum atomic E-state index is 6.19. The molecule has 4 heterocycles. The topological polar surface area (TPSA) is 77.2 Å². The third kappa shape index (κ3) is 3.10. The summed E-state index contributed by atoms with van der Waals surface area (Å²) in [6.07, 6.45) is 1.77. The molecule has 0 atom stereocenters. The van der Waals surface area contributed by atoms with Gasteiger partial charge in [-0.3, -0.25) is 9.88 Å². The Kier molecular flexibility index (Phi) is 4.13. The molecule has 24 heavy (non-hydrogen) atoms. The summed E-state index contributed by atoms with van der Waals surface area (Å²) >= 11 is 1.69. The van der Waals surface area contributed by atoms with E-state index in [1.54, 1.807) is 17.5 Å². The van der Waals surface area contributed by atoms with E-state index in [0.717, 1.165) is 54.3 Å². The number of aryl methyl sites for hydroxylation is 1. The number of anilines is 1. The van der Waals surface area contributed by atoms with Crippen LogP contribution >= 0.6 is 11.3 Å². The maximum absolute atomic E-state index is 6.19. The largest absolute Gasteiger partial charge is 0.383 e. The number of nitrogens with two attached hydrogens (primary N) is 1. The van der Waals surface area contributed by atoms with Crippen LogP contribution in [0.15, 0.2) is 24.4 Å². The first kappa shape index (κ1) is 15.4. The van der Waals surface area contributed by atoms with Crippen LogP contribution in [0.4, 0.5) is 5.82 Å². The molecule has 6 nitrogen and oxygen atoms in total. The molecule has 0 spiro atoms. The molecule has 0 unspecified atom stereocenters. The summed E-state index contributed by atoms with van der Waals surface area (Å²) in [5.41, 5.74) is 8.07. The second kappa shape index (κ2) is 6.43. The second-order valence-electron chi connectivity index (χ2n) is 5.94. The quantitative estimate of drug-likeness (QED) is 0.788. The molecule has 1 saturated heterocycles. The Labute approximate surface area is 144 Å². The molecule has 124 valence electrons. The Hall–Kier alpha value is -2.09. The number of nitrogen functional groups attached to an aromatic ring is 1. The fourth-order valence-electron chi connectivity index (χ4n) is 2.86. The van der Waals surface area contributed by atoms with Gasteiger partial charge in [-0.2, -0.15) is 0 Å². The normalized spacial score (nSPS) is 15.9. The van der Waals surface area contributed by atoms with Crippen molar-refractivity contribution in [1.29, 1.82) is 0 Å². The number of hydrogen-bond donors (Lipinski definition) is 1. The highest BCUT2D eigenvalue weighted by Crippen LogP contribution is 2.30. The molecule has 4 rings (SSSR count). The van der Waals surface area contributed by atoms with Gasteiger partial charge in [0.15, 0.2) is 5.82 Å². The van der Waals surface area contributed by atoms with Gasteiger partial charge in [0.05, 0.1) is 18.6 Å². The summed E-state index contributed by atoms with van der Waals surface area (Å²) in [5, 5.41) is 0.942. The lowest BCUT2D eigenvalue weighted by Crippen LogP contribution is -2.35. The molecule has 0 bridgehead atoms. The number of aromatic nitrogens is 3. The van der Waals surface area contributed by atoms with Crippen LogP contribution in [0.5, 0.6) is 0 Å². The molecular weight excluding hydrogens is 322 g/mol. The standard InChI is InChI=1S/C17H19N5OS/c1-11-8-12(2-3-19-11)16-20-15(18)14-9-13(24-17(14)21-16)10-22-4-6-23-7-5-22/h2-3,8-9H,4-7,10H2,1H3,(H2,18,20,21). The van der Waals surface area contributed by atoms with E-state index in [0.29, 0.717) is 11.6 Å². The molecule has 0 radical (unpaired) electrons. The fourth-order valence-corrected chi connectivity index (χ4v) is 3.94. The van der Waals surface area contributed by atoms with E-state index in [1.165, 1.54) is 4.88 Å². The van der Waals surface area contributed by atoms with Crippen molar-refractivity contribution in [3.05, 3.63) is 35.0 Å². The fraction of sp³-hybridized carbons (Fsp3) is 0.353. The van der Waals surface area contributed by atoms with Crippen molar-refractivity contribution >= 4 is 27.4 Å². The van der Waals surface area contributed by atoms with Crippen LogP contribution in [0.25, 0.3) is 21.6 Å². The van der Waals surface area contributed by atoms with Crippen LogP contribution in [0, 0.1) is 6.92 Å². The molecule has 1 fully saturated rings. The Morgan fingerprint density at radius 3 is 2.88 bits per heavy atom. The van der Waals surface area contributed by atoms with Crippen LogP contribution < -0.4 is 5.73 Å². The summed E-state index contributed by atoms with van der Waals surface area (Å²) in [7, 11) is 0. The third-order valence-corrected chi connectivity index (χ3v) is 5.12. The predicted molar refractivity (Wildman–Crippen MR) is 95.9 cm³/mol. The van der Waals surface area contributed by atoms with Crippen LogP contribution in [-0.4, -0.2) is 46.2 Å². The summed E-state index contributed by atoms with van der Waals surface area (Å²) in [5.74, 6) is 1.19. The lowest BCUT2D eigenvalue weighted by atomic mass is 10.2. The number of rotatable bonds is 3. The molecule has 0 aromatic carbocycles. The molecule has 1 aliphatic rings. The predicted octanol–water partition coefficient (Wildman–Crippen LogP) is 2.48.